The van der Waals surface area contributed by atoms with E-state index in [1.165, 1.54) is 4.90 Å². The van der Waals surface area contributed by atoms with Gasteiger partial charge < -0.3 is 10.0 Å². The summed E-state index contributed by atoms with van der Waals surface area (Å²) in [4.78, 5) is 24.4. The molecule has 1 N–H and O–H groups in total. The van der Waals surface area contributed by atoms with Crippen LogP contribution in [0, 0.1) is 16.7 Å². The lowest BCUT2D eigenvalue weighted by Crippen LogP contribution is -2.32. The van der Waals surface area contributed by atoms with E-state index in [1.807, 2.05) is 6.07 Å². The molecule has 0 saturated heterocycles. The van der Waals surface area contributed by atoms with Gasteiger partial charge in [0.1, 0.15) is 0 Å². The van der Waals surface area contributed by atoms with Crippen LogP contribution in [-0.2, 0) is 9.59 Å². The summed E-state index contributed by atoms with van der Waals surface area (Å²) >= 11 is 0. The highest BCUT2D eigenvalue weighted by Gasteiger charge is 2.27. The molecular formula is C15H18N2O3. The van der Waals surface area contributed by atoms with Crippen LogP contribution >= 0.6 is 0 Å². The Morgan fingerprint density at radius 2 is 2.00 bits per heavy atom. The number of rotatable bonds is 5. The van der Waals surface area contributed by atoms with E-state index in [4.69, 9.17) is 10.4 Å². The van der Waals surface area contributed by atoms with Crippen molar-refractivity contribution in [1.29, 1.82) is 5.26 Å². The van der Waals surface area contributed by atoms with E-state index in [1.54, 1.807) is 45.2 Å². The van der Waals surface area contributed by atoms with Crippen LogP contribution in [0.25, 0.3) is 0 Å². The molecule has 0 saturated carbocycles. The molecule has 5 heteroatoms. The minimum absolute atomic E-state index is 0.0647. The van der Waals surface area contributed by atoms with Crippen LogP contribution in [0.1, 0.15) is 32.3 Å². The molecule has 1 amide bonds. The second kappa shape index (κ2) is 6.20. The van der Waals surface area contributed by atoms with Crippen LogP contribution in [0.4, 0.5) is 5.69 Å². The largest absolute Gasteiger partial charge is 0.481 e. The molecule has 1 aromatic rings. The highest BCUT2D eigenvalue weighted by Crippen LogP contribution is 2.27. The molecule has 0 spiro atoms. The summed E-state index contributed by atoms with van der Waals surface area (Å²) in [5.74, 6) is -1.09. The van der Waals surface area contributed by atoms with Gasteiger partial charge in [0.2, 0.25) is 5.91 Å². The van der Waals surface area contributed by atoms with E-state index in [0.29, 0.717) is 11.3 Å². The van der Waals surface area contributed by atoms with Gasteiger partial charge in [-0.15, -0.1) is 0 Å². The number of hydrogen-bond acceptors (Lipinski definition) is 3. The predicted octanol–water partition coefficient (Wildman–Crippen LogP) is 2.41. The number of aliphatic carboxylic acids is 1. The number of carbonyl (C=O) groups is 2. The first-order chi connectivity index (χ1) is 9.25. The number of carboxylic acid groups (broad SMARTS) is 1. The van der Waals surface area contributed by atoms with Crippen molar-refractivity contribution in [2.75, 3.05) is 11.9 Å². The molecule has 0 bridgehead atoms. The molecule has 0 unspecified atom stereocenters. The maximum atomic E-state index is 12.2. The first kappa shape index (κ1) is 15.7. The number of hydrogen-bond donors (Lipinski definition) is 1. The van der Waals surface area contributed by atoms with Crippen molar-refractivity contribution in [3.05, 3.63) is 29.8 Å². The van der Waals surface area contributed by atoms with Gasteiger partial charge in [-0.1, -0.05) is 19.9 Å². The van der Waals surface area contributed by atoms with Crippen LogP contribution in [0.5, 0.6) is 0 Å². The monoisotopic (exact) mass is 274 g/mol. The molecule has 106 valence electrons. The average Bonchev–Trinajstić information content (AvgIpc) is 2.35. The van der Waals surface area contributed by atoms with Crippen molar-refractivity contribution in [2.24, 2.45) is 5.41 Å². The van der Waals surface area contributed by atoms with Crippen LogP contribution in [0.15, 0.2) is 24.3 Å². The molecule has 0 heterocycles. The van der Waals surface area contributed by atoms with Crippen molar-refractivity contribution in [2.45, 2.75) is 26.7 Å². The van der Waals surface area contributed by atoms with E-state index in [9.17, 15) is 9.59 Å². The number of nitriles is 1. The maximum Gasteiger partial charge on any atom is 0.303 e. The van der Waals surface area contributed by atoms with Crippen LogP contribution < -0.4 is 4.90 Å². The van der Waals surface area contributed by atoms with Crippen molar-refractivity contribution < 1.29 is 14.7 Å². The fourth-order valence-electron chi connectivity index (χ4n) is 1.93. The van der Waals surface area contributed by atoms with Gasteiger partial charge in [-0.25, -0.2) is 0 Å². The lowest BCUT2D eigenvalue weighted by atomic mass is 9.85. The Kier molecular flexibility index (Phi) is 4.87. The summed E-state index contributed by atoms with van der Waals surface area (Å²) in [6, 6.07) is 8.76. The lowest BCUT2D eigenvalue weighted by molar-refractivity contribution is -0.139. The number of amides is 1. The highest BCUT2D eigenvalue weighted by molar-refractivity contribution is 5.93. The van der Waals surface area contributed by atoms with Crippen LogP contribution in [0.2, 0.25) is 0 Å². The fraction of sp³-hybridized carbons (Fsp3) is 0.400. The van der Waals surface area contributed by atoms with Crippen molar-refractivity contribution in [1.82, 2.24) is 0 Å². The zero-order chi connectivity index (χ0) is 15.3. The zero-order valence-electron chi connectivity index (χ0n) is 11.9. The van der Waals surface area contributed by atoms with E-state index in [-0.39, 0.29) is 18.7 Å². The van der Waals surface area contributed by atoms with Crippen molar-refractivity contribution >= 4 is 17.6 Å². The molecule has 1 aromatic carbocycles. The maximum absolute atomic E-state index is 12.2. The van der Waals surface area contributed by atoms with Gasteiger partial charge in [0.25, 0.3) is 0 Å². The van der Waals surface area contributed by atoms with E-state index in [2.05, 4.69) is 0 Å². The first-order valence-corrected chi connectivity index (χ1v) is 6.24. The summed E-state index contributed by atoms with van der Waals surface area (Å²) in [7, 11) is 1.62. The third-order valence-electron chi connectivity index (χ3n) is 3.00. The molecule has 5 nitrogen and oxygen atoms in total. The topological polar surface area (TPSA) is 81.4 Å². The number of carbonyl (C=O) groups excluding carboxylic acids is 1. The minimum Gasteiger partial charge on any atom is -0.481 e. The molecule has 0 aromatic heterocycles. The van der Waals surface area contributed by atoms with Gasteiger partial charge in [-0.3, -0.25) is 9.59 Å². The Morgan fingerprint density at radius 3 is 2.55 bits per heavy atom. The lowest BCUT2D eigenvalue weighted by Gasteiger charge is -2.25. The SMILES string of the molecule is CN(C(=O)CC(C)(C)CC(=O)O)c1cccc(C#N)c1. The number of carboxylic acids is 1. The summed E-state index contributed by atoms with van der Waals surface area (Å²) < 4.78 is 0. The smallest absolute Gasteiger partial charge is 0.303 e. The van der Waals surface area contributed by atoms with Gasteiger partial charge in [-0.2, -0.15) is 5.26 Å². The average molecular weight is 274 g/mol. The Bertz CT molecular complexity index is 558. The molecule has 0 radical (unpaired) electrons. The third-order valence-corrected chi connectivity index (χ3v) is 3.00. The molecule has 20 heavy (non-hydrogen) atoms. The van der Waals surface area contributed by atoms with E-state index >= 15 is 0 Å². The first-order valence-electron chi connectivity index (χ1n) is 6.24. The number of benzene rings is 1. The number of anilines is 1. The summed E-state index contributed by atoms with van der Waals surface area (Å²) in [5.41, 5.74) is 0.497. The van der Waals surface area contributed by atoms with Crippen molar-refractivity contribution in [3.8, 4) is 6.07 Å². The van der Waals surface area contributed by atoms with Gasteiger partial charge >= 0.3 is 5.97 Å². The molecule has 0 aliphatic carbocycles. The third kappa shape index (κ3) is 4.39. The Labute approximate surface area is 118 Å². The van der Waals surface area contributed by atoms with Gasteiger partial charge in [-0.05, 0) is 23.6 Å². The van der Waals surface area contributed by atoms with Gasteiger partial charge in [0.15, 0.2) is 0 Å². The fourth-order valence-corrected chi connectivity index (χ4v) is 1.93. The van der Waals surface area contributed by atoms with Crippen LogP contribution in [0.3, 0.4) is 0 Å². The summed E-state index contributed by atoms with van der Waals surface area (Å²) in [5, 5.41) is 17.7. The van der Waals surface area contributed by atoms with Crippen molar-refractivity contribution in [3.63, 3.8) is 0 Å². The number of nitrogens with zero attached hydrogens (tertiary/aromatic N) is 2. The zero-order valence-corrected chi connectivity index (χ0v) is 11.9. The van der Waals surface area contributed by atoms with E-state index in [0.717, 1.165) is 0 Å². The molecule has 0 aliphatic heterocycles. The van der Waals surface area contributed by atoms with Gasteiger partial charge in [0, 0.05) is 19.2 Å². The van der Waals surface area contributed by atoms with Crippen LogP contribution in [-0.4, -0.2) is 24.0 Å². The molecule has 0 fully saturated rings. The molecule has 1 rings (SSSR count). The second-order valence-electron chi connectivity index (χ2n) is 5.53. The van der Waals surface area contributed by atoms with Gasteiger partial charge in [0.05, 0.1) is 18.1 Å². The second-order valence-corrected chi connectivity index (χ2v) is 5.53. The molecular weight excluding hydrogens is 256 g/mol. The minimum atomic E-state index is -0.920. The Hall–Kier alpha value is -2.35. The Balaban J connectivity index is 2.81. The molecule has 0 aliphatic rings. The summed E-state index contributed by atoms with van der Waals surface area (Å²) in [6.45, 7) is 3.50. The normalized spacial score (nSPS) is 10.7. The predicted molar refractivity (Wildman–Crippen MR) is 75.2 cm³/mol. The molecule has 0 atom stereocenters. The standard InChI is InChI=1S/C15H18N2O3/c1-15(2,9-14(19)20)8-13(18)17(3)12-6-4-5-11(7-12)10-16/h4-7H,8-9H2,1-3H3,(H,19,20). The quantitative estimate of drug-likeness (QED) is 0.894. The summed E-state index contributed by atoms with van der Waals surface area (Å²) in [6.07, 6.45) is 0.0669. The van der Waals surface area contributed by atoms with E-state index < -0.39 is 11.4 Å². The highest BCUT2D eigenvalue weighted by atomic mass is 16.4. The Morgan fingerprint density at radius 1 is 1.35 bits per heavy atom.